The van der Waals surface area contributed by atoms with Crippen LogP contribution in [-0.2, 0) is 4.79 Å². The van der Waals surface area contributed by atoms with Gasteiger partial charge in [-0.3, -0.25) is 4.79 Å². The molecule has 4 bridgehead atoms. The SMILES string of the molecule is CCC(C#N)(C(=O)O)C1C2CC3CC(C2)CC1C3. The molecule has 1 N–H and O–H groups in total. The lowest BCUT2D eigenvalue weighted by molar-refractivity contribution is -0.159. The van der Waals surface area contributed by atoms with Crippen LogP contribution >= 0.6 is 0 Å². The molecule has 0 aliphatic heterocycles. The van der Waals surface area contributed by atoms with E-state index in [0.29, 0.717) is 18.3 Å². The van der Waals surface area contributed by atoms with Gasteiger partial charge in [-0.25, -0.2) is 0 Å². The number of hydrogen-bond acceptors (Lipinski definition) is 2. The summed E-state index contributed by atoms with van der Waals surface area (Å²) in [5, 5.41) is 19.1. The van der Waals surface area contributed by atoms with E-state index in [1.54, 1.807) is 0 Å². The standard InChI is InChI=1S/C15H21NO2/c1-2-15(8-16,14(17)18)13-11-4-9-3-10(6-11)7-12(13)5-9/h9-13H,2-7H2,1H3,(H,17,18). The van der Waals surface area contributed by atoms with E-state index in [4.69, 9.17) is 0 Å². The number of carboxylic acids is 1. The quantitative estimate of drug-likeness (QED) is 0.833. The van der Waals surface area contributed by atoms with Crippen molar-refractivity contribution in [2.75, 3.05) is 0 Å². The van der Waals surface area contributed by atoms with Crippen LogP contribution in [0, 0.1) is 46.3 Å². The molecule has 4 aliphatic rings. The normalized spacial score (nSPS) is 44.3. The van der Waals surface area contributed by atoms with E-state index in [0.717, 1.165) is 11.8 Å². The molecule has 4 saturated carbocycles. The fourth-order valence-electron chi connectivity index (χ4n) is 5.46. The lowest BCUT2D eigenvalue weighted by Gasteiger charge is -2.57. The molecule has 0 aromatic carbocycles. The number of nitrogens with zero attached hydrogens (tertiary/aromatic N) is 1. The molecule has 0 aromatic heterocycles. The van der Waals surface area contributed by atoms with Gasteiger partial charge in [0.25, 0.3) is 0 Å². The number of hydrogen-bond donors (Lipinski definition) is 1. The lowest BCUT2D eigenvalue weighted by atomic mass is 9.46. The van der Waals surface area contributed by atoms with Crippen LogP contribution in [0.4, 0.5) is 0 Å². The Balaban J connectivity index is 1.96. The Morgan fingerprint density at radius 3 is 2.06 bits per heavy atom. The molecule has 18 heavy (non-hydrogen) atoms. The highest BCUT2D eigenvalue weighted by Crippen LogP contribution is 2.61. The molecule has 98 valence electrons. The van der Waals surface area contributed by atoms with Gasteiger partial charge < -0.3 is 5.11 Å². The minimum atomic E-state index is -1.12. The summed E-state index contributed by atoms with van der Waals surface area (Å²) in [6, 6.07) is 2.19. The van der Waals surface area contributed by atoms with Crippen LogP contribution in [0.2, 0.25) is 0 Å². The molecule has 0 spiro atoms. The van der Waals surface area contributed by atoms with Crippen molar-refractivity contribution in [3.8, 4) is 6.07 Å². The molecule has 0 saturated heterocycles. The van der Waals surface area contributed by atoms with Gasteiger partial charge in [0.15, 0.2) is 5.41 Å². The molecule has 0 radical (unpaired) electrons. The Kier molecular flexibility index (Phi) is 2.66. The van der Waals surface area contributed by atoms with Gasteiger partial charge in [0.05, 0.1) is 6.07 Å². The van der Waals surface area contributed by atoms with Crippen LogP contribution in [0.1, 0.15) is 45.4 Å². The molecular weight excluding hydrogens is 226 g/mol. The zero-order chi connectivity index (χ0) is 12.9. The van der Waals surface area contributed by atoms with Crippen molar-refractivity contribution in [2.45, 2.75) is 45.4 Å². The second-order valence-electron chi connectivity index (χ2n) is 6.70. The average molecular weight is 247 g/mol. The number of carbonyl (C=O) groups is 1. The van der Waals surface area contributed by atoms with Crippen LogP contribution < -0.4 is 0 Å². The van der Waals surface area contributed by atoms with Crippen LogP contribution in [-0.4, -0.2) is 11.1 Å². The van der Waals surface area contributed by atoms with Gasteiger partial charge in [-0.05, 0) is 68.1 Å². The van der Waals surface area contributed by atoms with Crippen LogP contribution in [0.3, 0.4) is 0 Å². The summed E-state index contributed by atoms with van der Waals surface area (Å²) in [6.07, 6.45) is 6.51. The van der Waals surface area contributed by atoms with Gasteiger partial charge in [0, 0.05) is 0 Å². The predicted octanol–water partition coefficient (Wildman–Crippen LogP) is 3.06. The summed E-state index contributed by atoms with van der Waals surface area (Å²) in [6.45, 7) is 1.86. The summed E-state index contributed by atoms with van der Waals surface area (Å²) < 4.78 is 0. The number of aliphatic carboxylic acids is 1. The van der Waals surface area contributed by atoms with Gasteiger partial charge in [-0.2, -0.15) is 5.26 Å². The number of rotatable bonds is 3. The topological polar surface area (TPSA) is 61.1 Å². The van der Waals surface area contributed by atoms with E-state index < -0.39 is 11.4 Å². The average Bonchev–Trinajstić information content (AvgIpc) is 2.32. The van der Waals surface area contributed by atoms with Crippen LogP contribution in [0.25, 0.3) is 0 Å². The van der Waals surface area contributed by atoms with Crippen molar-refractivity contribution < 1.29 is 9.90 Å². The second kappa shape index (κ2) is 3.98. The Morgan fingerprint density at radius 2 is 1.72 bits per heavy atom. The maximum absolute atomic E-state index is 11.7. The van der Waals surface area contributed by atoms with Crippen molar-refractivity contribution in [3.05, 3.63) is 0 Å². The van der Waals surface area contributed by atoms with Gasteiger partial charge in [0.1, 0.15) is 0 Å². The van der Waals surface area contributed by atoms with E-state index in [1.165, 1.54) is 32.1 Å². The summed E-state index contributed by atoms with van der Waals surface area (Å²) >= 11 is 0. The second-order valence-corrected chi connectivity index (χ2v) is 6.70. The first-order valence-corrected chi connectivity index (χ1v) is 7.25. The monoisotopic (exact) mass is 247 g/mol. The first-order chi connectivity index (χ1) is 8.60. The van der Waals surface area contributed by atoms with E-state index in [1.807, 2.05) is 6.92 Å². The van der Waals surface area contributed by atoms with Crippen molar-refractivity contribution in [3.63, 3.8) is 0 Å². The van der Waals surface area contributed by atoms with E-state index in [9.17, 15) is 15.2 Å². The molecule has 0 heterocycles. The summed E-state index contributed by atoms with van der Waals surface area (Å²) in [5.41, 5.74) is -1.12. The van der Waals surface area contributed by atoms with Crippen LogP contribution in [0.15, 0.2) is 0 Å². The van der Waals surface area contributed by atoms with Gasteiger partial charge in [-0.15, -0.1) is 0 Å². The molecule has 3 nitrogen and oxygen atoms in total. The van der Waals surface area contributed by atoms with Crippen molar-refractivity contribution in [1.82, 2.24) is 0 Å². The third-order valence-electron chi connectivity index (χ3n) is 5.93. The first-order valence-electron chi connectivity index (χ1n) is 7.25. The molecule has 3 heteroatoms. The van der Waals surface area contributed by atoms with Crippen molar-refractivity contribution >= 4 is 5.97 Å². The fourth-order valence-corrected chi connectivity index (χ4v) is 5.46. The van der Waals surface area contributed by atoms with Crippen molar-refractivity contribution in [2.24, 2.45) is 35.0 Å². The van der Waals surface area contributed by atoms with E-state index in [-0.39, 0.29) is 5.92 Å². The highest BCUT2D eigenvalue weighted by Gasteiger charge is 2.58. The number of carboxylic acid groups (broad SMARTS) is 1. The zero-order valence-electron chi connectivity index (χ0n) is 10.9. The third-order valence-corrected chi connectivity index (χ3v) is 5.93. The third kappa shape index (κ3) is 1.44. The van der Waals surface area contributed by atoms with Crippen molar-refractivity contribution in [1.29, 1.82) is 5.26 Å². The van der Waals surface area contributed by atoms with Gasteiger partial charge >= 0.3 is 5.97 Å². The zero-order valence-corrected chi connectivity index (χ0v) is 10.9. The van der Waals surface area contributed by atoms with Crippen LogP contribution in [0.5, 0.6) is 0 Å². The first kappa shape index (κ1) is 12.0. The van der Waals surface area contributed by atoms with E-state index in [2.05, 4.69) is 6.07 Å². The summed E-state index contributed by atoms with van der Waals surface area (Å²) in [7, 11) is 0. The Labute approximate surface area is 108 Å². The molecule has 0 aromatic rings. The Morgan fingerprint density at radius 1 is 1.22 bits per heavy atom. The lowest BCUT2D eigenvalue weighted by Crippen LogP contribution is -2.53. The molecule has 4 fully saturated rings. The summed E-state index contributed by atoms with van der Waals surface area (Å²) in [4.78, 5) is 11.7. The smallest absolute Gasteiger partial charge is 0.324 e. The maximum Gasteiger partial charge on any atom is 0.324 e. The molecule has 0 amide bonds. The fraction of sp³-hybridized carbons (Fsp3) is 0.867. The molecule has 1 atom stereocenters. The highest BCUT2D eigenvalue weighted by molar-refractivity contribution is 5.78. The largest absolute Gasteiger partial charge is 0.480 e. The minimum Gasteiger partial charge on any atom is -0.480 e. The molecule has 1 unspecified atom stereocenters. The molecule has 4 rings (SSSR count). The summed E-state index contributed by atoms with van der Waals surface area (Å²) in [5.74, 6) is 1.87. The van der Waals surface area contributed by atoms with Gasteiger partial charge in [0.2, 0.25) is 0 Å². The van der Waals surface area contributed by atoms with Gasteiger partial charge in [-0.1, -0.05) is 6.92 Å². The Hall–Kier alpha value is -1.04. The Bertz CT molecular complexity index is 383. The maximum atomic E-state index is 11.7. The van der Waals surface area contributed by atoms with E-state index >= 15 is 0 Å². The molecule has 4 aliphatic carbocycles. The minimum absolute atomic E-state index is 0.109. The number of nitriles is 1. The predicted molar refractivity (Wildman–Crippen MR) is 66.5 cm³/mol. The molecular formula is C15H21NO2. The highest BCUT2D eigenvalue weighted by atomic mass is 16.4.